The predicted octanol–water partition coefficient (Wildman–Crippen LogP) is 3.10. The van der Waals surface area contributed by atoms with Crippen molar-refractivity contribution in [2.45, 2.75) is 46.1 Å². The number of hydrogen-bond acceptors (Lipinski definition) is 3. The molecule has 2 aromatic rings. The minimum absolute atomic E-state index is 0.430. The maximum absolute atomic E-state index is 6.04. The van der Waals surface area contributed by atoms with Gasteiger partial charge in [0.25, 0.3) is 0 Å². The minimum Gasteiger partial charge on any atom is -0.370 e. The summed E-state index contributed by atoms with van der Waals surface area (Å²) in [6, 6.07) is 6.35. The zero-order chi connectivity index (χ0) is 15.5. The highest BCUT2D eigenvalue weighted by Crippen LogP contribution is 2.27. The van der Waals surface area contributed by atoms with Gasteiger partial charge in [-0.05, 0) is 56.7 Å². The number of aliphatic imine (C=N–C) groups is 1. The Hall–Kier alpha value is -2.30. The topological polar surface area (TPSA) is 76.4 Å². The Morgan fingerprint density at radius 3 is 2.91 bits per heavy atom. The summed E-state index contributed by atoms with van der Waals surface area (Å²) in [4.78, 5) is 4.42. The average molecular weight is 298 g/mol. The number of benzene rings is 1. The molecule has 5 nitrogen and oxygen atoms in total. The Morgan fingerprint density at radius 1 is 1.32 bits per heavy atom. The van der Waals surface area contributed by atoms with Crippen LogP contribution in [-0.2, 0) is 19.4 Å². The fourth-order valence-electron chi connectivity index (χ4n) is 2.97. The molecule has 0 saturated heterocycles. The minimum atomic E-state index is 0.430. The van der Waals surface area contributed by atoms with E-state index < -0.39 is 0 Å². The van der Waals surface area contributed by atoms with Gasteiger partial charge in [-0.25, -0.2) is 4.99 Å². The van der Waals surface area contributed by atoms with Crippen LogP contribution in [0.25, 0.3) is 0 Å². The van der Waals surface area contributed by atoms with Crippen LogP contribution in [0.15, 0.2) is 27.7 Å². The van der Waals surface area contributed by atoms with Crippen LogP contribution >= 0.6 is 0 Å². The largest absolute Gasteiger partial charge is 0.370 e. The van der Waals surface area contributed by atoms with Gasteiger partial charge in [0.2, 0.25) is 0 Å². The van der Waals surface area contributed by atoms with Gasteiger partial charge in [-0.1, -0.05) is 17.3 Å². The molecule has 0 radical (unpaired) electrons. The molecule has 0 amide bonds. The lowest BCUT2D eigenvalue weighted by atomic mass is 9.90. The summed E-state index contributed by atoms with van der Waals surface area (Å²) in [6.07, 6.45) is 4.77. The van der Waals surface area contributed by atoms with E-state index in [4.69, 9.17) is 10.3 Å². The molecule has 1 aromatic carbocycles. The van der Waals surface area contributed by atoms with Crippen LogP contribution < -0.4 is 11.1 Å². The molecule has 0 aliphatic heterocycles. The van der Waals surface area contributed by atoms with E-state index in [9.17, 15) is 0 Å². The lowest BCUT2D eigenvalue weighted by Gasteiger charge is -2.19. The highest BCUT2D eigenvalue weighted by molar-refractivity contribution is 5.93. The molecule has 0 unspecified atom stereocenters. The van der Waals surface area contributed by atoms with Crippen molar-refractivity contribution in [2.24, 2.45) is 10.7 Å². The van der Waals surface area contributed by atoms with E-state index in [1.807, 2.05) is 13.8 Å². The van der Waals surface area contributed by atoms with E-state index in [0.717, 1.165) is 35.5 Å². The summed E-state index contributed by atoms with van der Waals surface area (Å²) in [5.74, 6) is 1.23. The summed E-state index contributed by atoms with van der Waals surface area (Å²) in [6.45, 7) is 4.29. The SMILES string of the molecule is Cc1noc(C)c1CN=C(N)Nc1cccc2c1CCCC2. The van der Waals surface area contributed by atoms with Crippen molar-refractivity contribution in [1.82, 2.24) is 5.16 Å². The van der Waals surface area contributed by atoms with Gasteiger partial charge < -0.3 is 15.6 Å². The van der Waals surface area contributed by atoms with Gasteiger partial charge in [-0.2, -0.15) is 0 Å². The highest BCUT2D eigenvalue weighted by Gasteiger charge is 2.13. The normalized spacial score (nSPS) is 14.7. The Morgan fingerprint density at radius 2 is 2.14 bits per heavy atom. The number of anilines is 1. The van der Waals surface area contributed by atoms with Crippen molar-refractivity contribution in [1.29, 1.82) is 0 Å². The first-order valence-electron chi connectivity index (χ1n) is 7.74. The van der Waals surface area contributed by atoms with Crippen LogP contribution in [0, 0.1) is 13.8 Å². The average Bonchev–Trinajstić information content (AvgIpc) is 2.84. The van der Waals surface area contributed by atoms with Crippen molar-refractivity contribution in [3.8, 4) is 0 Å². The second-order valence-corrected chi connectivity index (χ2v) is 5.78. The van der Waals surface area contributed by atoms with Crippen LogP contribution in [0.1, 0.15) is 41.0 Å². The maximum atomic E-state index is 6.04. The molecule has 1 aliphatic carbocycles. The lowest BCUT2D eigenvalue weighted by Crippen LogP contribution is -2.24. The van der Waals surface area contributed by atoms with Crippen LogP contribution in [0.3, 0.4) is 0 Å². The fraction of sp³-hybridized carbons (Fsp3) is 0.412. The number of nitrogens with zero attached hydrogens (tertiary/aromatic N) is 2. The van der Waals surface area contributed by atoms with Gasteiger partial charge in [0, 0.05) is 11.3 Å². The first kappa shape index (κ1) is 14.6. The van der Waals surface area contributed by atoms with Crippen LogP contribution in [0.2, 0.25) is 0 Å². The number of nitrogens with one attached hydrogen (secondary N) is 1. The highest BCUT2D eigenvalue weighted by atomic mass is 16.5. The third-order valence-corrected chi connectivity index (χ3v) is 4.25. The Kier molecular flexibility index (Phi) is 4.13. The fourth-order valence-corrected chi connectivity index (χ4v) is 2.97. The molecule has 22 heavy (non-hydrogen) atoms. The van der Waals surface area contributed by atoms with Gasteiger partial charge in [-0.15, -0.1) is 0 Å². The van der Waals surface area contributed by atoms with Gasteiger partial charge >= 0.3 is 0 Å². The first-order valence-corrected chi connectivity index (χ1v) is 7.74. The van der Waals surface area contributed by atoms with E-state index in [0.29, 0.717) is 12.5 Å². The molecule has 0 bridgehead atoms. The van der Waals surface area contributed by atoms with E-state index in [2.05, 4.69) is 33.7 Å². The molecule has 0 fully saturated rings. The number of guanidine groups is 1. The van der Waals surface area contributed by atoms with E-state index in [1.54, 1.807) is 0 Å². The number of aromatic nitrogens is 1. The van der Waals surface area contributed by atoms with Crippen molar-refractivity contribution >= 4 is 11.6 Å². The summed E-state index contributed by atoms with van der Waals surface area (Å²) in [5.41, 5.74) is 11.8. The monoisotopic (exact) mass is 298 g/mol. The molecule has 0 atom stereocenters. The molecule has 0 saturated carbocycles. The molecular formula is C17H22N4O. The number of nitrogens with two attached hydrogens (primary N) is 1. The van der Waals surface area contributed by atoms with E-state index in [-0.39, 0.29) is 0 Å². The van der Waals surface area contributed by atoms with Gasteiger partial charge in [0.1, 0.15) is 5.76 Å². The summed E-state index contributed by atoms with van der Waals surface area (Å²) < 4.78 is 5.14. The third-order valence-electron chi connectivity index (χ3n) is 4.25. The third kappa shape index (κ3) is 2.98. The van der Waals surface area contributed by atoms with Crippen molar-refractivity contribution in [3.63, 3.8) is 0 Å². The van der Waals surface area contributed by atoms with Crippen LogP contribution in [0.5, 0.6) is 0 Å². The van der Waals surface area contributed by atoms with Crippen molar-refractivity contribution in [2.75, 3.05) is 5.32 Å². The molecule has 0 spiro atoms. The van der Waals surface area contributed by atoms with Gasteiger partial charge in [0.05, 0.1) is 12.2 Å². The smallest absolute Gasteiger partial charge is 0.193 e. The second kappa shape index (κ2) is 6.22. The van der Waals surface area contributed by atoms with Crippen molar-refractivity contribution < 1.29 is 4.52 Å². The van der Waals surface area contributed by atoms with Crippen LogP contribution in [-0.4, -0.2) is 11.1 Å². The van der Waals surface area contributed by atoms with Crippen molar-refractivity contribution in [3.05, 3.63) is 46.3 Å². The molecule has 1 aliphatic rings. The van der Waals surface area contributed by atoms with Gasteiger partial charge in [-0.3, -0.25) is 0 Å². The van der Waals surface area contributed by atoms with E-state index >= 15 is 0 Å². The summed E-state index contributed by atoms with van der Waals surface area (Å²) in [7, 11) is 0. The molecule has 3 N–H and O–H groups in total. The zero-order valence-electron chi connectivity index (χ0n) is 13.1. The second-order valence-electron chi connectivity index (χ2n) is 5.78. The molecule has 1 heterocycles. The Balaban J connectivity index is 1.74. The quantitative estimate of drug-likeness (QED) is 0.674. The molecule has 3 rings (SSSR count). The van der Waals surface area contributed by atoms with Gasteiger partial charge in [0.15, 0.2) is 5.96 Å². The maximum Gasteiger partial charge on any atom is 0.193 e. The van der Waals surface area contributed by atoms with E-state index in [1.165, 1.54) is 24.0 Å². The number of aryl methyl sites for hydroxylation is 3. The van der Waals surface area contributed by atoms with Crippen LogP contribution in [0.4, 0.5) is 5.69 Å². The number of fused-ring (bicyclic) bond motifs is 1. The lowest BCUT2D eigenvalue weighted by molar-refractivity contribution is 0.392. The molecular weight excluding hydrogens is 276 g/mol. The molecule has 5 heteroatoms. The Labute approximate surface area is 130 Å². The number of hydrogen-bond donors (Lipinski definition) is 2. The first-order chi connectivity index (χ1) is 10.6. The standard InChI is InChI=1S/C17H22N4O/c1-11-15(12(2)22-21-11)10-19-17(18)20-16-9-5-7-13-6-3-4-8-14(13)16/h5,7,9H,3-4,6,8,10H2,1-2H3,(H3,18,19,20). The zero-order valence-corrected chi connectivity index (χ0v) is 13.1. The molecule has 1 aromatic heterocycles. The summed E-state index contributed by atoms with van der Waals surface area (Å²) >= 11 is 0. The predicted molar refractivity (Wildman–Crippen MR) is 88.0 cm³/mol. The summed E-state index contributed by atoms with van der Waals surface area (Å²) in [5, 5.41) is 7.18. The molecule has 116 valence electrons. The number of rotatable bonds is 3. The Bertz CT molecular complexity index is 683.